The Morgan fingerprint density at radius 3 is 2.61 bits per heavy atom. The van der Waals surface area contributed by atoms with Crippen molar-refractivity contribution in [3.63, 3.8) is 0 Å². The van der Waals surface area contributed by atoms with E-state index in [-0.39, 0.29) is 5.91 Å². The summed E-state index contributed by atoms with van der Waals surface area (Å²) in [7, 11) is 3.18. The maximum absolute atomic E-state index is 12.9. The number of carbonyl (C=O) groups is 1. The molecule has 0 bridgehead atoms. The van der Waals surface area contributed by atoms with Crippen LogP contribution in [0.3, 0.4) is 0 Å². The zero-order valence-corrected chi connectivity index (χ0v) is 15.7. The number of methoxy groups -OCH3 is 2. The van der Waals surface area contributed by atoms with Gasteiger partial charge in [-0.05, 0) is 30.2 Å². The van der Waals surface area contributed by atoms with Gasteiger partial charge < -0.3 is 19.7 Å². The van der Waals surface area contributed by atoms with Crippen LogP contribution in [0.25, 0.3) is 0 Å². The summed E-state index contributed by atoms with van der Waals surface area (Å²) in [6.07, 6.45) is 3.93. The van der Waals surface area contributed by atoms with Crippen molar-refractivity contribution in [2.24, 2.45) is 0 Å². The number of nitrogens with one attached hydrogen (secondary N) is 1. The lowest BCUT2D eigenvalue weighted by Gasteiger charge is -2.17. The van der Waals surface area contributed by atoms with Crippen LogP contribution in [-0.2, 0) is 6.42 Å². The molecule has 2 aromatic carbocycles. The molecule has 7 heteroatoms. The Hall–Kier alpha value is -3.61. The molecule has 28 heavy (non-hydrogen) atoms. The van der Waals surface area contributed by atoms with Gasteiger partial charge in [-0.1, -0.05) is 18.2 Å². The molecule has 0 fully saturated rings. The smallest absolute Gasteiger partial charge is 0.261 e. The van der Waals surface area contributed by atoms with Crippen molar-refractivity contribution in [3.8, 4) is 11.5 Å². The van der Waals surface area contributed by atoms with Crippen molar-refractivity contribution in [1.29, 1.82) is 0 Å². The zero-order chi connectivity index (χ0) is 19.5. The van der Waals surface area contributed by atoms with Crippen molar-refractivity contribution < 1.29 is 14.3 Å². The molecule has 1 aliphatic rings. The van der Waals surface area contributed by atoms with Gasteiger partial charge in [0.15, 0.2) is 0 Å². The summed E-state index contributed by atoms with van der Waals surface area (Å²) in [5.74, 6) is 1.58. The second kappa shape index (κ2) is 7.56. The minimum absolute atomic E-state index is 0.101. The van der Waals surface area contributed by atoms with Gasteiger partial charge in [-0.25, -0.2) is 9.97 Å². The quantitative estimate of drug-likeness (QED) is 0.735. The van der Waals surface area contributed by atoms with Gasteiger partial charge in [-0.2, -0.15) is 0 Å². The monoisotopic (exact) mass is 376 g/mol. The summed E-state index contributed by atoms with van der Waals surface area (Å²) in [6, 6.07) is 13.3. The van der Waals surface area contributed by atoms with Gasteiger partial charge >= 0.3 is 0 Å². The Morgan fingerprint density at radius 1 is 1.07 bits per heavy atom. The molecule has 2 heterocycles. The SMILES string of the molecule is COc1ccc(OC)c(Nc2ncc(C(=O)N3CCc4ccccc43)cn2)c1. The lowest BCUT2D eigenvalue weighted by atomic mass is 10.2. The summed E-state index contributed by atoms with van der Waals surface area (Å²) >= 11 is 0. The van der Waals surface area contributed by atoms with E-state index in [1.54, 1.807) is 37.3 Å². The average Bonchev–Trinajstić information content (AvgIpc) is 3.18. The largest absolute Gasteiger partial charge is 0.497 e. The first-order valence-electron chi connectivity index (χ1n) is 8.90. The highest BCUT2D eigenvalue weighted by molar-refractivity contribution is 6.07. The summed E-state index contributed by atoms with van der Waals surface area (Å²) in [4.78, 5) is 23.2. The highest BCUT2D eigenvalue weighted by Crippen LogP contribution is 2.31. The molecule has 0 unspecified atom stereocenters. The molecule has 3 aromatic rings. The molecular formula is C21H20N4O3. The van der Waals surface area contributed by atoms with E-state index in [1.807, 2.05) is 24.3 Å². The van der Waals surface area contributed by atoms with Crippen molar-refractivity contribution in [1.82, 2.24) is 9.97 Å². The molecule has 1 aliphatic heterocycles. The molecule has 0 aliphatic carbocycles. The maximum atomic E-state index is 12.9. The van der Waals surface area contributed by atoms with Crippen LogP contribution >= 0.6 is 0 Å². The highest BCUT2D eigenvalue weighted by atomic mass is 16.5. The third-order valence-electron chi connectivity index (χ3n) is 4.68. The Balaban J connectivity index is 1.53. The molecule has 0 atom stereocenters. The van der Waals surface area contributed by atoms with Crippen LogP contribution in [0, 0.1) is 0 Å². The van der Waals surface area contributed by atoms with Gasteiger partial charge in [0.25, 0.3) is 5.91 Å². The Kier molecular flexibility index (Phi) is 4.80. The van der Waals surface area contributed by atoms with Crippen LogP contribution in [0.4, 0.5) is 17.3 Å². The van der Waals surface area contributed by atoms with E-state index < -0.39 is 0 Å². The number of rotatable bonds is 5. The van der Waals surface area contributed by atoms with E-state index >= 15 is 0 Å². The van der Waals surface area contributed by atoms with Crippen LogP contribution in [0.1, 0.15) is 15.9 Å². The fraction of sp³-hybridized carbons (Fsp3) is 0.190. The van der Waals surface area contributed by atoms with Crippen molar-refractivity contribution in [2.45, 2.75) is 6.42 Å². The minimum Gasteiger partial charge on any atom is -0.497 e. The van der Waals surface area contributed by atoms with Crippen LogP contribution < -0.4 is 19.7 Å². The van der Waals surface area contributed by atoms with Crippen LogP contribution in [0.15, 0.2) is 54.9 Å². The number of benzene rings is 2. The predicted octanol–water partition coefficient (Wildman–Crippen LogP) is 3.44. The Bertz CT molecular complexity index is 1000. The van der Waals surface area contributed by atoms with Crippen LogP contribution in [0.2, 0.25) is 0 Å². The molecular weight excluding hydrogens is 356 g/mol. The third-order valence-corrected chi connectivity index (χ3v) is 4.68. The fourth-order valence-corrected chi connectivity index (χ4v) is 3.24. The molecule has 142 valence electrons. The molecule has 0 saturated heterocycles. The number of fused-ring (bicyclic) bond motifs is 1. The van der Waals surface area contributed by atoms with E-state index in [2.05, 4.69) is 15.3 Å². The Morgan fingerprint density at radius 2 is 1.86 bits per heavy atom. The first kappa shape index (κ1) is 17.8. The fourth-order valence-electron chi connectivity index (χ4n) is 3.24. The highest BCUT2D eigenvalue weighted by Gasteiger charge is 2.25. The summed E-state index contributed by atoms with van der Waals surface area (Å²) in [6.45, 7) is 0.666. The molecule has 0 spiro atoms. The molecule has 7 nitrogen and oxygen atoms in total. The normalized spacial score (nSPS) is 12.4. The minimum atomic E-state index is -0.101. The lowest BCUT2D eigenvalue weighted by molar-refractivity contribution is 0.0988. The zero-order valence-electron chi connectivity index (χ0n) is 15.7. The van der Waals surface area contributed by atoms with E-state index in [0.717, 1.165) is 12.1 Å². The van der Waals surface area contributed by atoms with E-state index in [9.17, 15) is 4.79 Å². The summed E-state index contributed by atoms with van der Waals surface area (Å²) < 4.78 is 10.6. The molecule has 1 amide bonds. The van der Waals surface area contributed by atoms with Crippen LogP contribution in [-0.4, -0.2) is 36.6 Å². The molecule has 4 rings (SSSR count). The van der Waals surface area contributed by atoms with Gasteiger partial charge in [-0.3, -0.25) is 4.79 Å². The first-order chi connectivity index (χ1) is 13.7. The number of aromatic nitrogens is 2. The number of hydrogen-bond acceptors (Lipinski definition) is 6. The van der Waals surface area contributed by atoms with Crippen molar-refractivity contribution in [2.75, 3.05) is 31.0 Å². The average molecular weight is 376 g/mol. The second-order valence-corrected chi connectivity index (χ2v) is 6.32. The first-order valence-corrected chi connectivity index (χ1v) is 8.90. The van der Waals surface area contributed by atoms with Crippen LogP contribution in [0.5, 0.6) is 11.5 Å². The maximum Gasteiger partial charge on any atom is 0.261 e. The second-order valence-electron chi connectivity index (χ2n) is 6.32. The standard InChI is InChI=1S/C21H20N4O3/c1-27-16-7-8-19(28-2)17(11-16)24-21-22-12-15(13-23-21)20(26)25-10-9-14-5-3-4-6-18(14)25/h3-8,11-13H,9-10H2,1-2H3,(H,22,23,24). The number of hydrogen-bond donors (Lipinski definition) is 1. The summed E-state index contributed by atoms with van der Waals surface area (Å²) in [5, 5.41) is 3.10. The number of ether oxygens (including phenoxy) is 2. The van der Waals surface area contributed by atoms with Gasteiger partial charge in [0, 0.05) is 30.7 Å². The lowest BCUT2D eigenvalue weighted by Crippen LogP contribution is -2.29. The van der Waals surface area contributed by atoms with E-state index in [1.165, 1.54) is 18.0 Å². The molecule has 1 N–H and O–H groups in total. The van der Waals surface area contributed by atoms with E-state index in [4.69, 9.17) is 9.47 Å². The number of para-hydroxylation sites is 1. The molecule has 0 saturated carbocycles. The van der Waals surface area contributed by atoms with Gasteiger partial charge in [-0.15, -0.1) is 0 Å². The van der Waals surface area contributed by atoms with Gasteiger partial charge in [0.1, 0.15) is 11.5 Å². The number of amides is 1. The third kappa shape index (κ3) is 3.34. The van der Waals surface area contributed by atoms with E-state index in [0.29, 0.717) is 35.2 Å². The summed E-state index contributed by atoms with van der Waals surface area (Å²) in [5.41, 5.74) is 3.25. The van der Waals surface area contributed by atoms with Crippen molar-refractivity contribution >= 4 is 23.2 Å². The molecule has 0 radical (unpaired) electrons. The number of carbonyl (C=O) groups excluding carboxylic acids is 1. The van der Waals surface area contributed by atoms with Gasteiger partial charge in [0.05, 0.1) is 25.5 Å². The van der Waals surface area contributed by atoms with Crippen molar-refractivity contribution in [3.05, 3.63) is 66.0 Å². The topological polar surface area (TPSA) is 76.6 Å². The predicted molar refractivity (Wildman–Crippen MR) is 107 cm³/mol. The Labute approximate surface area is 163 Å². The van der Waals surface area contributed by atoms with Gasteiger partial charge in [0.2, 0.25) is 5.95 Å². The number of nitrogens with zero attached hydrogens (tertiary/aromatic N) is 3. The number of anilines is 3. The molecule has 1 aromatic heterocycles.